The Morgan fingerprint density at radius 1 is 1.06 bits per heavy atom. The normalized spacial score (nSPS) is 17.7. The molecule has 1 amide bonds. The monoisotopic (exact) mass is 419 g/mol. The van der Waals surface area contributed by atoms with Crippen LogP contribution >= 0.6 is 0 Å². The number of anilines is 1. The van der Waals surface area contributed by atoms with E-state index in [0.717, 1.165) is 11.0 Å². The molecule has 154 valence electrons. The third-order valence-electron chi connectivity index (χ3n) is 4.85. The van der Waals surface area contributed by atoms with Crippen LogP contribution < -0.4 is 4.90 Å². The molecule has 0 bridgehead atoms. The lowest BCUT2D eigenvalue weighted by Crippen LogP contribution is -2.29. The average molecular weight is 419 g/mol. The SMILES string of the molecule is O=C1C(=O)N(c2cccc(F)c2)C(c2ccccn2)/C1=C(\O)c1ccc([N+](=O)[O-])cc1. The summed E-state index contributed by atoms with van der Waals surface area (Å²) in [6.07, 6.45) is 1.47. The summed E-state index contributed by atoms with van der Waals surface area (Å²) in [5.41, 5.74) is 0.0820. The summed E-state index contributed by atoms with van der Waals surface area (Å²) in [5.74, 6) is -3.04. The van der Waals surface area contributed by atoms with E-state index in [0.29, 0.717) is 0 Å². The van der Waals surface area contributed by atoms with E-state index < -0.39 is 34.2 Å². The summed E-state index contributed by atoms with van der Waals surface area (Å²) in [4.78, 5) is 41.4. The summed E-state index contributed by atoms with van der Waals surface area (Å²) in [5, 5.41) is 21.8. The first-order valence-electron chi connectivity index (χ1n) is 9.11. The molecule has 1 saturated heterocycles. The van der Waals surface area contributed by atoms with Crippen molar-refractivity contribution in [3.05, 3.63) is 106 Å². The highest BCUT2D eigenvalue weighted by atomic mass is 19.1. The van der Waals surface area contributed by atoms with Gasteiger partial charge in [0.25, 0.3) is 17.4 Å². The molecule has 1 aliphatic rings. The number of aliphatic hydroxyl groups excluding tert-OH is 1. The molecule has 0 spiro atoms. The topological polar surface area (TPSA) is 114 Å². The van der Waals surface area contributed by atoms with Crippen molar-refractivity contribution in [2.24, 2.45) is 0 Å². The van der Waals surface area contributed by atoms with Gasteiger partial charge >= 0.3 is 0 Å². The fraction of sp³-hybridized carbons (Fsp3) is 0.0455. The molecule has 9 heteroatoms. The second-order valence-electron chi connectivity index (χ2n) is 6.71. The molecule has 3 aromatic rings. The number of aliphatic hydroxyl groups is 1. The van der Waals surface area contributed by atoms with Crippen molar-refractivity contribution in [3.8, 4) is 0 Å². The number of nitrogens with zero attached hydrogens (tertiary/aromatic N) is 3. The quantitative estimate of drug-likeness (QED) is 0.226. The minimum absolute atomic E-state index is 0.115. The first kappa shape index (κ1) is 19.9. The van der Waals surface area contributed by atoms with Crippen LogP contribution in [0.15, 0.2) is 78.5 Å². The smallest absolute Gasteiger partial charge is 0.300 e. The molecule has 1 atom stereocenters. The molecule has 1 aromatic heterocycles. The van der Waals surface area contributed by atoms with Crippen LogP contribution in [0.25, 0.3) is 5.76 Å². The van der Waals surface area contributed by atoms with Crippen LogP contribution in [-0.2, 0) is 9.59 Å². The Kier molecular flexibility index (Phi) is 5.00. The van der Waals surface area contributed by atoms with Crippen molar-refractivity contribution in [1.82, 2.24) is 4.98 Å². The van der Waals surface area contributed by atoms with E-state index in [4.69, 9.17) is 0 Å². The lowest BCUT2D eigenvalue weighted by atomic mass is 9.98. The third-order valence-corrected chi connectivity index (χ3v) is 4.85. The molecule has 1 aliphatic heterocycles. The van der Waals surface area contributed by atoms with Crippen LogP contribution in [0, 0.1) is 15.9 Å². The van der Waals surface area contributed by atoms with Gasteiger partial charge in [0.2, 0.25) is 0 Å². The molecule has 4 rings (SSSR count). The first-order chi connectivity index (χ1) is 14.9. The number of Topliss-reactive ketones (excluding diaryl/α,β-unsaturated/α-hetero) is 1. The van der Waals surface area contributed by atoms with Gasteiger partial charge in [-0.1, -0.05) is 12.1 Å². The van der Waals surface area contributed by atoms with Crippen LogP contribution in [0.2, 0.25) is 0 Å². The lowest BCUT2D eigenvalue weighted by Gasteiger charge is -2.24. The van der Waals surface area contributed by atoms with E-state index in [9.17, 15) is 29.2 Å². The zero-order valence-electron chi connectivity index (χ0n) is 15.8. The second-order valence-corrected chi connectivity index (χ2v) is 6.71. The third kappa shape index (κ3) is 3.52. The number of ketones is 1. The lowest BCUT2D eigenvalue weighted by molar-refractivity contribution is -0.384. The van der Waals surface area contributed by atoms with Crippen molar-refractivity contribution in [3.63, 3.8) is 0 Å². The number of non-ortho nitro benzene ring substituents is 1. The number of aromatic nitrogens is 1. The maximum absolute atomic E-state index is 13.8. The van der Waals surface area contributed by atoms with E-state index in [2.05, 4.69) is 4.98 Å². The molecule has 2 heterocycles. The minimum Gasteiger partial charge on any atom is -0.507 e. The highest BCUT2D eigenvalue weighted by molar-refractivity contribution is 6.51. The maximum atomic E-state index is 13.8. The maximum Gasteiger partial charge on any atom is 0.300 e. The first-order valence-corrected chi connectivity index (χ1v) is 9.11. The van der Waals surface area contributed by atoms with Crippen molar-refractivity contribution in [1.29, 1.82) is 0 Å². The Morgan fingerprint density at radius 2 is 1.81 bits per heavy atom. The van der Waals surface area contributed by atoms with E-state index >= 15 is 0 Å². The molecule has 1 N–H and O–H groups in total. The van der Waals surface area contributed by atoms with Gasteiger partial charge in [-0.2, -0.15) is 0 Å². The summed E-state index contributed by atoms with van der Waals surface area (Å²) >= 11 is 0. The van der Waals surface area contributed by atoms with Crippen LogP contribution in [0.3, 0.4) is 0 Å². The number of carbonyl (C=O) groups excluding carboxylic acids is 2. The Bertz CT molecular complexity index is 1230. The number of nitro benzene ring substituents is 1. The van der Waals surface area contributed by atoms with Crippen LogP contribution in [0.1, 0.15) is 17.3 Å². The Labute approximate surface area is 175 Å². The number of benzene rings is 2. The van der Waals surface area contributed by atoms with E-state index in [1.54, 1.807) is 18.2 Å². The number of rotatable bonds is 4. The number of pyridine rings is 1. The fourth-order valence-electron chi connectivity index (χ4n) is 3.44. The van der Waals surface area contributed by atoms with Gasteiger partial charge in [0.15, 0.2) is 0 Å². The van der Waals surface area contributed by atoms with Gasteiger partial charge in [-0.15, -0.1) is 0 Å². The molecule has 8 nitrogen and oxygen atoms in total. The van der Waals surface area contributed by atoms with Gasteiger partial charge in [-0.25, -0.2) is 4.39 Å². The number of hydrogen-bond donors (Lipinski definition) is 1. The standard InChI is InChI=1S/C22H14FN3O5/c23-14-4-3-5-16(12-14)25-19(17-6-1-2-11-24-17)18(21(28)22(25)29)20(27)13-7-9-15(10-8-13)26(30)31/h1-12,19,27H/b20-18+. The van der Waals surface area contributed by atoms with Crippen LogP contribution in [0.4, 0.5) is 15.8 Å². The summed E-state index contributed by atoms with van der Waals surface area (Å²) in [6, 6.07) is 13.8. The Hall–Kier alpha value is -4.40. The summed E-state index contributed by atoms with van der Waals surface area (Å²) < 4.78 is 13.8. The van der Waals surface area contributed by atoms with E-state index in [-0.39, 0.29) is 28.2 Å². The van der Waals surface area contributed by atoms with Crippen LogP contribution in [-0.4, -0.2) is 26.7 Å². The molecule has 0 aliphatic carbocycles. The summed E-state index contributed by atoms with van der Waals surface area (Å²) in [6.45, 7) is 0. The Morgan fingerprint density at radius 3 is 2.42 bits per heavy atom. The number of nitro groups is 1. The number of amides is 1. The molecule has 2 aromatic carbocycles. The van der Waals surface area contributed by atoms with Gasteiger partial charge in [0.1, 0.15) is 17.6 Å². The average Bonchev–Trinajstić information content (AvgIpc) is 3.04. The second kappa shape index (κ2) is 7.79. The number of halogens is 1. The predicted molar refractivity (Wildman–Crippen MR) is 109 cm³/mol. The zero-order chi connectivity index (χ0) is 22.1. The molecule has 0 saturated carbocycles. The molecule has 1 fully saturated rings. The van der Waals surface area contributed by atoms with Gasteiger partial charge in [-0.05, 0) is 42.5 Å². The molecule has 0 radical (unpaired) electrons. The summed E-state index contributed by atoms with van der Waals surface area (Å²) in [7, 11) is 0. The molecule has 31 heavy (non-hydrogen) atoms. The van der Waals surface area contributed by atoms with Crippen molar-refractivity contribution >= 4 is 28.8 Å². The highest BCUT2D eigenvalue weighted by Gasteiger charge is 2.47. The van der Waals surface area contributed by atoms with Crippen LogP contribution in [0.5, 0.6) is 0 Å². The van der Waals surface area contributed by atoms with Crippen molar-refractivity contribution in [2.75, 3.05) is 4.90 Å². The zero-order valence-corrected chi connectivity index (χ0v) is 15.8. The van der Waals surface area contributed by atoms with Gasteiger partial charge in [0.05, 0.1) is 16.2 Å². The van der Waals surface area contributed by atoms with E-state index in [1.807, 2.05) is 0 Å². The highest BCUT2D eigenvalue weighted by Crippen LogP contribution is 2.41. The van der Waals surface area contributed by atoms with E-state index in [1.165, 1.54) is 48.7 Å². The molecular weight excluding hydrogens is 405 g/mol. The molecular formula is C22H14FN3O5. The predicted octanol–water partition coefficient (Wildman–Crippen LogP) is 3.76. The van der Waals surface area contributed by atoms with Gasteiger partial charge in [0, 0.05) is 29.6 Å². The van der Waals surface area contributed by atoms with Crippen molar-refractivity contribution < 1.29 is 24.0 Å². The minimum atomic E-state index is -1.11. The van der Waals surface area contributed by atoms with Gasteiger partial charge in [-0.3, -0.25) is 29.6 Å². The number of carbonyl (C=O) groups is 2. The van der Waals surface area contributed by atoms with Crippen molar-refractivity contribution in [2.45, 2.75) is 6.04 Å². The largest absolute Gasteiger partial charge is 0.507 e. The fourth-order valence-corrected chi connectivity index (χ4v) is 3.44. The number of hydrogen-bond acceptors (Lipinski definition) is 6. The molecule has 1 unspecified atom stereocenters. The Balaban J connectivity index is 1.91. The van der Waals surface area contributed by atoms with Gasteiger partial charge < -0.3 is 5.11 Å².